The van der Waals surface area contributed by atoms with Crippen LogP contribution in [0.5, 0.6) is 0 Å². The highest BCUT2D eigenvalue weighted by Gasteiger charge is 2.51. The molecule has 1 amide bonds. The first kappa shape index (κ1) is 33.1. The number of anilines is 1. The molecule has 7 nitrogen and oxygen atoms in total. The average molecular weight is 657 g/mol. The number of hydrogen-bond donors (Lipinski definition) is 2. The van der Waals surface area contributed by atoms with Gasteiger partial charge in [-0.05, 0) is 63.1 Å². The van der Waals surface area contributed by atoms with E-state index in [9.17, 15) is 35.9 Å². The number of carbonyl (C=O) groups excluding carboxylic acids is 2. The fourth-order valence-electron chi connectivity index (χ4n) is 5.68. The van der Waals surface area contributed by atoms with Crippen molar-refractivity contribution in [3.63, 3.8) is 0 Å². The van der Waals surface area contributed by atoms with Crippen LogP contribution in [0.15, 0.2) is 58.5 Å². The van der Waals surface area contributed by atoms with E-state index in [1.807, 2.05) is 4.90 Å². The third kappa shape index (κ3) is 7.78. The van der Waals surface area contributed by atoms with Crippen LogP contribution in [0.25, 0.3) is 0 Å². The van der Waals surface area contributed by atoms with Gasteiger partial charge in [-0.3, -0.25) is 9.59 Å². The molecule has 2 aromatic carbocycles. The number of carbonyl (C=O) groups is 2. The number of likely N-dealkylation sites (N-methyl/N-ethyl adjacent to an activating group) is 1. The summed E-state index contributed by atoms with van der Waals surface area (Å²) in [7, 11) is 1.78. The van der Waals surface area contributed by atoms with Crippen LogP contribution in [-0.2, 0) is 21.9 Å². The fraction of sp³-hybridized carbons (Fsp3) is 0.484. The lowest BCUT2D eigenvalue weighted by molar-refractivity contribution is -0.163. The van der Waals surface area contributed by atoms with Crippen LogP contribution in [0.1, 0.15) is 47.2 Å². The molecule has 2 saturated heterocycles. The molecule has 0 unspecified atom stereocenters. The molecule has 0 radical (unpaired) electrons. The van der Waals surface area contributed by atoms with Gasteiger partial charge >= 0.3 is 12.4 Å². The van der Waals surface area contributed by atoms with Crippen LogP contribution in [0.2, 0.25) is 0 Å². The first-order valence-corrected chi connectivity index (χ1v) is 15.5. The van der Waals surface area contributed by atoms with Gasteiger partial charge in [0.2, 0.25) is 5.91 Å². The number of amides is 1. The highest BCUT2D eigenvalue weighted by molar-refractivity contribution is 7.99. The second-order valence-corrected chi connectivity index (χ2v) is 12.5. The van der Waals surface area contributed by atoms with Crippen molar-refractivity contribution >= 4 is 29.1 Å². The summed E-state index contributed by atoms with van der Waals surface area (Å²) >= 11 is 0.549. The Hall–Kier alpha value is -3.23. The zero-order valence-corrected chi connectivity index (χ0v) is 25.4. The van der Waals surface area contributed by atoms with Gasteiger partial charge in [0.1, 0.15) is 0 Å². The highest BCUT2D eigenvalue weighted by atomic mass is 32.2. The lowest BCUT2D eigenvalue weighted by Gasteiger charge is -2.35. The van der Waals surface area contributed by atoms with Crippen molar-refractivity contribution in [3.8, 4) is 0 Å². The number of alkyl halides is 6. The van der Waals surface area contributed by atoms with Crippen LogP contribution < -0.4 is 10.6 Å². The Labute approximate surface area is 261 Å². The number of morpholine rings is 1. The topological polar surface area (TPSA) is 73.9 Å². The van der Waals surface area contributed by atoms with Crippen molar-refractivity contribution in [1.82, 2.24) is 15.1 Å². The largest absolute Gasteiger partial charge is 0.418 e. The van der Waals surface area contributed by atoms with Crippen molar-refractivity contribution in [2.75, 3.05) is 51.8 Å². The summed E-state index contributed by atoms with van der Waals surface area (Å²) in [5.74, 6) is -1.07. The molecular formula is C31H34F6N4O3S. The molecule has 2 heterocycles. The number of halogens is 6. The second kappa shape index (κ2) is 13.2. The number of ketones is 1. The molecule has 45 heavy (non-hydrogen) atoms. The van der Waals surface area contributed by atoms with Gasteiger partial charge in [-0.2, -0.15) is 26.3 Å². The molecule has 3 fully saturated rings. The summed E-state index contributed by atoms with van der Waals surface area (Å²) in [6, 6.07) is 8.18. The Kier molecular flexibility index (Phi) is 9.76. The van der Waals surface area contributed by atoms with Crippen LogP contribution in [0.3, 0.4) is 0 Å². The minimum atomic E-state index is -5.44. The molecule has 0 spiro atoms. The second-order valence-electron chi connectivity index (χ2n) is 11.4. The molecule has 2 aromatic rings. The van der Waals surface area contributed by atoms with Gasteiger partial charge < -0.3 is 25.2 Å². The predicted octanol–water partition coefficient (Wildman–Crippen LogP) is 6.06. The van der Waals surface area contributed by atoms with E-state index in [1.165, 1.54) is 12.3 Å². The van der Waals surface area contributed by atoms with Crippen molar-refractivity contribution in [1.29, 1.82) is 0 Å². The molecule has 0 atom stereocenters. The van der Waals surface area contributed by atoms with Gasteiger partial charge in [0, 0.05) is 65.5 Å². The maximum absolute atomic E-state index is 14.3. The van der Waals surface area contributed by atoms with E-state index in [2.05, 4.69) is 10.6 Å². The lowest BCUT2D eigenvalue weighted by atomic mass is 9.96. The number of allylic oxidation sites excluding steroid dienone is 1. The van der Waals surface area contributed by atoms with Crippen LogP contribution in [0, 0.1) is 0 Å². The maximum Gasteiger partial charge on any atom is 0.418 e. The summed E-state index contributed by atoms with van der Waals surface area (Å²) < 4.78 is 90.9. The molecule has 0 aromatic heterocycles. The first-order chi connectivity index (χ1) is 21.3. The molecule has 5 rings (SSSR count). The molecule has 0 bridgehead atoms. The monoisotopic (exact) mass is 656 g/mol. The maximum atomic E-state index is 14.3. The minimum Gasteiger partial charge on any atom is -0.382 e. The summed E-state index contributed by atoms with van der Waals surface area (Å²) in [6.07, 6.45) is -5.70. The number of rotatable bonds is 9. The number of likely N-dealkylation sites (tertiary alicyclic amines) is 1. The minimum absolute atomic E-state index is 0.0115. The van der Waals surface area contributed by atoms with Crippen molar-refractivity contribution in [3.05, 3.63) is 65.4 Å². The van der Waals surface area contributed by atoms with Crippen LogP contribution in [0.4, 0.5) is 32.0 Å². The third-order valence-electron chi connectivity index (χ3n) is 8.33. The predicted molar refractivity (Wildman–Crippen MR) is 157 cm³/mol. The van der Waals surface area contributed by atoms with E-state index < -0.39 is 45.3 Å². The Morgan fingerprint density at radius 1 is 0.956 bits per heavy atom. The number of nitrogens with one attached hydrogen (secondary N) is 2. The quantitative estimate of drug-likeness (QED) is 0.193. The SMILES string of the molecule is CNC1(C(=O)N2CCC(Nc3cccc(Sc4ccc(C(=O)C=CN5CCOCC5)c(C(F)(F)F)c4C(F)(F)F)c3)CC2)CC1. The standard InChI is InChI=1S/C31H34F6N4O3S/c1-38-29(10-11-29)28(43)41-13-7-20(8-14-41)39-21-3-2-4-22(19-21)45-25-6-5-23(24(42)9-12-40-15-17-44-18-16-40)26(30(32,33)34)27(25)31(35,36)37/h2-6,9,12,19-20,38-39H,7-8,10-11,13-18H2,1H3. The zero-order valence-electron chi connectivity index (χ0n) is 24.6. The zero-order chi connectivity index (χ0) is 32.4. The Bertz CT molecular complexity index is 1430. The Morgan fingerprint density at radius 3 is 2.22 bits per heavy atom. The van der Waals surface area contributed by atoms with Crippen molar-refractivity contribution in [2.45, 2.75) is 59.4 Å². The van der Waals surface area contributed by atoms with E-state index in [4.69, 9.17) is 4.74 Å². The van der Waals surface area contributed by atoms with Gasteiger partial charge in [-0.15, -0.1) is 0 Å². The molecule has 244 valence electrons. The molecule has 1 saturated carbocycles. The molecule has 14 heteroatoms. The summed E-state index contributed by atoms with van der Waals surface area (Å²) in [6.45, 7) is 2.68. The van der Waals surface area contributed by atoms with E-state index in [-0.39, 0.29) is 11.9 Å². The number of ether oxygens (including phenoxy) is 1. The normalized spacial score (nSPS) is 19.2. The van der Waals surface area contributed by atoms with Crippen molar-refractivity contribution < 1.29 is 40.7 Å². The highest BCUT2D eigenvalue weighted by Crippen LogP contribution is 2.48. The number of hydrogen-bond acceptors (Lipinski definition) is 7. The van der Waals surface area contributed by atoms with Gasteiger partial charge in [0.05, 0.1) is 29.9 Å². The fourth-order valence-corrected chi connectivity index (χ4v) is 6.72. The number of benzene rings is 2. The van der Waals surface area contributed by atoms with Gasteiger partial charge in [0.15, 0.2) is 5.78 Å². The smallest absolute Gasteiger partial charge is 0.382 e. The van der Waals surface area contributed by atoms with E-state index in [0.29, 0.717) is 74.6 Å². The van der Waals surface area contributed by atoms with E-state index in [1.54, 1.807) is 30.1 Å². The molecule has 2 aliphatic heterocycles. The van der Waals surface area contributed by atoms with Gasteiger partial charge in [-0.1, -0.05) is 17.8 Å². The summed E-state index contributed by atoms with van der Waals surface area (Å²) in [5.41, 5.74) is -4.80. The van der Waals surface area contributed by atoms with Gasteiger partial charge in [-0.25, -0.2) is 0 Å². The van der Waals surface area contributed by atoms with Gasteiger partial charge in [0.25, 0.3) is 0 Å². The first-order valence-electron chi connectivity index (χ1n) is 14.7. The van der Waals surface area contributed by atoms with Crippen LogP contribution in [-0.4, -0.2) is 79.5 Å². The Morgan fingerprint density at radius 2 is 1.62 bits per heavy atom. The molecule has 1 aliphatic carbocycles. The lowest BCUT2D eigenvalue weighted by Crippen LogP contribution is -2.51. The molecule has 2 N–H and O–H groups in total. The van der Waals surface area contributed by atoms with E-state index in [0.717, 1.165) is 31.1 Å². The molecular weight excluding hydrogens is 622 g/mol. The molecule has 3 aliphatic rings. The number of nitrogens with zero attached hydrogens (tertiary/aromatic N) is 2. The average Bonchev–Trinajstić information content (AvgIpc) is 3.81. The Balaban J connectivity index is 1.34. The summed E-state index contributed by atoms with van der Waals surface area (Å²) in [4.78, 5) is 28.7. The van der Waals surface area contributed by atoms with Crippen LogP contribution >= 0.6 is 11.8 Å². The van der Waals surface area contributed by atoms with E-state index >= 15 is 0 Å². The number of piperidine rings is 1. The third-order valence-corrected chi connectivity index (χ3v) is 9.38. The summed E-state index contributed by atoms with van der Waals surface area (Å²) in [5, 5.41) is 6.46. The van der Waals surface area contributed by atoms with Crippen molar-refractivity contribution in [2.24, 2.45) is 0 Å².